The molecule has 1 aliphatic rings. The van der Waals surface area contributed by atoms with Crippen molar-refractivity contribution in [2.24, 2.45) is 11.7 Å². The molecule has 82 valence electrons. The second-order valence-electron chi connectivity index (χ2n) is 4.44. The molecule has 2 unspecified atom stereocenters. The minimum absolute atomic E-state index is 0.113. The van der Waals surface area contributed by atoms with Gasteiger partial charge < -0.3 is 15.5 Å². The summed E-state index contributed by atoms with van der Waals surface area (Å²) in [6, 6.07) is 0.590. The van der Waals surface area contributed by atoms with Crippen LogP contribution in [0.3, 0.4) is 0 Å². The van der Waals surface area contributed by atoms with Crippen LogP contribution in [0, 0.1) is 5.92 Å². The molecule has 0 aromatic rings. The largest absolute Gasteiger partial charge is 0.328 e. The normalized spacial score (nSPS) is 25.0. The third-order valence-corrected chi connectivity index (χ3v) is 3.07. The van der Waals surface area contributed by atoms with Crippen molar-refractivity contribution in [3.63, 3.8) is 0 Å². The molecule has 14 heavy (non-hydrogen) atoms. The van der Waals surface area contributed by atoms with E-state index in [1.165, 1.54) is 0 Å². The van der Waals surface area contributed by atoms with Gasteiger partial charge in [0, 0.05) is 26.2 Å². The Kier molecular flexibility index (Phi) is 3.37. The third-order valence-electron chi connectivity index (χ3n) is 3.07. The van der Waals surface area contributed by atoms with Crippen LogP contribution in [0.25, 0.3) is 0 Å². The van der Waals surface area contributed by atoms with Gasteiger partial charge in [0.1, 0.15) is 0 Å². The van der Waals surface area contributed by atoms with Crippen molar-refractivity contribution in [2.75, 3.05) is 20.1 Å². The molecule has 0 bridgehead atoms. The topological polar surface area (TPSA) is 49.6 Å². The number of nitrogens with two attached hydrogens (primary N) is 1. The predicted octanol–water partition coefficient (Wildman–Crippen LogP) is 0.726. The number of hydrogen-bond acceptors (Lipinski definition) is 2. The van der Waals surface area contributed by atoms with E-state index in [0.29, 0.717) is 18.5 Å². The average Bonchev–Trinajstić information content (AvgIpc) is 2.43. The minimum atomic E-state index is 0.113. The minimum Gasteiger partial charge on any atom is -0.328 e. The van der Waals surface area contributed by atoms with Gasteiger partial charge in [0.15, 0.2) is 0 Å². The zero-order chi connectivity index (χ0) is 10.9. The molecule has 1 fully saturated rings. The van der Waals surface area contributed by atoms with Crippen molar-refractivity contribution in [3.05, 3.63) is 0 Å². The average molecular weight is 199 g/mol. The summed E-state index contributed by atoms with van der Waals surface area (Å²) in [6.07, 6.45) is 0. The molecule has 0 aliphatic carbocycles. The van der Waals surface area contributed by atoms with Crippen LogP contribution >= 0.6 is 0 Å². The summed E-state index contributed by atoms with van der Waals surface area (Å²) in [5.41, 5.74) is 5.57. The number of amides is 2. The Morgan fingerprint density at radius 3 is 2.43 bits per heavy atom. The molecule has 0 radical (unpaired) electrons. The highest BCUT2D eigenvalue weighted by Crippen LogP contribution is 2.21. The van der Waals surface area contributed by atoms with Gasteiger partial charge in [0.25, 0.3) is 0 Å². The molecule has 1 saturated heterocycles. The van der Waals surface area contributed by atoms with Crippen molar-refractivity contribution < 1.29 is 4.79 Å². The van der Waals surface area contributed by atoms with Gasteiger partial charge in [0.2, 0.25) is 0 Å². The smallest absolute Gasteiger partial charge is 0.320 e. The number of nitrogens with zero attached hydrogens (tertiary/aromatic N) is 2. The van der Waals surface area contributed by atoms with Gasteiger partial charge in [-0.1, -0.05) is 13.8 Å². The molecule has 1 heterocycles. The zero-order valence-electron chi connectivity index (χ0n) is 9.53. The van der Waals surface area contributed by atoms with E-state index in [0.717, 1.165) is 6.54 Å². The van der Waals surface area contributed by atoms with Crippen LogP contribution in [0.5, 0.6) is 0 Å². The van der Waals surface area contributed by atoms with E-state index < -0.39 is 0 Å². The van der Waals surface area contributed by atoms with Gasteiger partial charge in [0.05, 0.1) is 6.04 Å². The van der Waals surface area contributed by atoms with Crippen LogP contribution in [0.1, 0.15) is 20.8 Å². The number of hydrogen-bond donors (Lipinski definition) is 1. The van der Waals surface area contributed by atoms with Crippen molar-refractivity contribution in [1.29, 1.82) is 0 Å². The fourth-order valence-corrected chi connectivity index (χ4v) is 1.90. The van der Waals surface area contributed by atoms with E-state index >= 15 is 0 Å². The van der Waals surface area contributed by atoms with Gasteiger partial charge in [-0.25, -0.2) is 4.79 Å². The van der Waals surface area contributed by atoms with Crippen molar-refractivity contribution in [2.45, 2.75) is 32.9 Å². The Balaban J connectivity index is 2.71. The second-order valence-corrected chi connectivity index (χ2v) is 4.44. The van der Waals surface area contributed by atoms with Crippen molar-refractivity contribution in [1.82, 2.24) is 9.80 Å². The number of carbonyl (C=O) groups is 1. The molecule has 2 atom stereocenters. The van der Waals surface area contributed by atoms with Crippen molar-refractivity contribution in [3.8, 4) is 0 Å². The van der Waals surface area contributed by atoms with E-state index in [9.17, 15) is 4.79 Å². The Bertz CT molecular complexity index is 217. The zero-order valence-corrected chi connectivity index (χ0v) is 9.53. The third kappa shape index (κ3) is 1.85. The van der Waals surface area contributed by atoms with Crippen molar-refractivity contribution >= 4 is 6.03 Å². The molecular formula is C10H21N3O. The maximum absolute atomic E-state index is 11.8. The van der Waals surface area contributed by atoms with E-state index in [1.807, 2.05) is 23.8 Å². The maximum Gasteiger partial charge on any atom is 0.320 e. The number of likely N-dealkylation sites (N-methyl/N-ethyl adjacent to an activating group) is 1. The maximum atomic E-state index is 11.8. The van der Waals surface area contributed by atoms with Crippen LogP contribution in [0.2, 0.25) is 0 Å². The summed E-state index contributed by atoms with van der Waals surface area (Å²) in [5.74, 6) is 0.499. The van der Waals surface area contributed by atoms with Crippen LogP contribution < -0.4 is 5.73 Å². The van der Waals surface area contributed by atoms with E-state index in [-0.39, 0.29) is 12.1 Å². The van der Waals surface area contributed by atoms with Crippen LogP contribution in [0.4, 0.5) is 4.79 Å². The first kappa shape index (κ1) is 11.3. The molecule has 2 amide bonds. The molecule has 0 aromatic heterocycles. The standard InChI is InChI=1S/C10H21N3O/c1-7(2)9-6-13(8(3)5-11)10(14)12(9)4/h7-9H,5-6,11H2,1-4H3. The highest BCUT2D eigenvalue weighted by Gasteiger charge is 2.37. The quantitative estimate of drug-likeness (QED) is 0.728. The Morgan fingerprint density at radius 2 is 2.07 bits per heavy atom. The number of urea groups is 1. The van der Waals surface area contributed by atoms with E-state index in [2.05, 4.69) is 13.8 Å². The lowest BCUT2D eigenvalue weighted by molar-refractivity contribution is 0.183. The SMILES string of the molecule is CC(C)C1CN(C(C)CN)C(=O)N1C. The predicted molar refractivity (Wildman–Crippen MR) is 57.0 cm³/mol. The molecule has 0 spiro atoms. The summed E-state index contributed by atoms with van der Waals surface area (Å²) in [6.45, 7) is 7.63. The lowest BCUT2D eigenvalue weighted by Crippen LogP contribution is -2.40. The Labute approximate surface area is 86.0 Å². The van der Waals surface area contributed by atoms with Crippen LogP contribution in [0.15, 0.2) is 0 Å². The number of carbonyl (C=O) groups excluding carboxylic acids is 1. The number of rotatable bonds is 3. The molecule has 1 aliphatic heterocycles. The molecule has 0 aromatic carbocycles. The summed E-state index contributed by atoms with van der Waals surface area (Å²) >= 11 is 0. The van der Waals surface area contributed by atoms with Gasteiger partial charge in [-0.15, -0.1) is 0 Å². The first-order chi connectivity index (χ1) is 6.49. The highest BCUT2D eigenvalue weighted by molar-refractivity contribution is 5.77. The Hall–Kier alpha value is -0.770. The molecular weight excluding hydrogens is 178 g/mol. The molecule has 4 heteroatoms. The Morgan fingerprint density at radius 1 is 1.50 bits per heavy atom. The van der Waals surface area contributed by atoms with Gasteiger partial charge in [-0.2, -0.15) is 0 Å². The first-order valence-electron chi connectivity index (χ1n) is 5.22. The lowest BCUT2D eigenvalue weighted by atomic mass is 10.0. The van der Waals surface area contributed by atoms with E-state index in [1.54, 1.807) is 0 Å². The monoisotopic (exact) mass is 199 g/mol. The molecule has 4 nitrogen and oxygen atoms in total. The summed E-state index contributed by atoms with van der Waals surface area (Å²) < 4.78 is 0. The lowest BCUT2D eigenvalue weighted by Gasteiger charge is -2.22. The first-order valence-corrected chi connectivity index (χ1v) is 5.22. The molecule has 1 rings (SSSR count). The van der Waals surface area contributed by atoms with E-state index in [4.69, 9.17) is 5.73 Å². The van der Waals surface area contributed by atoms with Gasteiger partial charge in [-0.05, 0) is 12.8 Å². The van der Waals surface area contributed by atoms with Gasteiger partial charge >= 0.3 is 6.03 Å². The van der Waals surface area contributed by atoms with Crippen LogP contribution in [-0.4, -0.2) is 48.1 Å². The second kappa shape index (κ2) is 4.17. The summed E-state index contributed by atoms with van der Waals surface area (Å²) in [5, 5.41) is 0. The molecule has 0 saturated carbocycles. The van der Waals surface area contributed by atoms with Gasteiger partial charge in [-0.3, -0.25) is 0 Å². The highest BCUT2D eigenvalue weighted by atomic mass is 16.2. The fourth-order valence-electron chi connectivity index (χ4n) is 1.90. The fraction of sp³-hybridized carbons (Fsp3) is 0.900. The van der Waals surface area contributed by atoms with Crippen LogP contribution in [-0.2, 0) is 0 Å². The summed E-state index contributed by atoms with van der Waals surface area (Å²) in [7, 11) is 1.87. The molecule has 2 N–H and O–H groups in total. The summed E-state index contributed by atoms with van der Waals surface area (Å²) in [4.78, 5) is 15.5.